The Bertz CT molecular complexity index is 501. The fourth-order valence-corrected chi connectivity index (χ4v) is 2.89. The fourth-order valence-electron chi connectivity index (χ4n) is 2.16. The van der Waals surface area contributed by atoms with Crippen LogP contribution in [0.5, 0.6) is 0 Å². The van der Waals surface area contributed by atoms with Crippen molar-refractivity contribution in [1.29, 1.82) is 0 Å². The van der Waals surface area contributed by atoms with E-state index < -0.39 is 23.8 Å². The van der Waals surface area contributed by atoms with Crippen LogP contribution in [0.2, 0.25) is 0 Å². The molecule has 1 aliphatic heterocycles. The molecule has 106 valence electrons. The molecule has 6 heteroatoms. The van der Waals surface area contributed by atoms with Crippen molar-refractivity contribution in [2.45, 2.75) is 18.9 Å². The molecule has 1 heterocycles. The van der Waals surface area contributed by atoms with E-state index in [1.54, 1.807) is 0 Å². The Morgan fingerprint density at radius 1 is 1.20 bits per heavy atom. The first-order valence-electron chi connectivity index (χ1n) is 6.29. The zero-order valence-corrected chi connectivity index (χ0v) is 11.6. The number of nitrogens with zero attached hydrogens (tertiary/aromatic N) is 1. The Balaban J connectivity index is 2.08. The third-order valence-corrected chi connectivity index (χ3v) is 4.04. The van der Waals surface area contributed by atoms with Crippen molar-refractivity contribution in [3.8, 4) is 0 Å². The Morgan fingerprint density at radius 2 is 1.80 bits per heavy atom. The number of aliphatic carboxylic acids is 1. The van der Waals surface area contributed by atoms with Gasteiger partial charge in [0, 0.05) is 0 Å². The quantitative estimate of drug-likeness (QED) is 0.825. The molecule has 2 rings (SSSR count). The molecule has 0 aromatic heterocycles. The van der Waals surface area contributed by atoms with E-state index in [2.05, 4.69) is 0 Å². The Labute approximate surface area is 121 Å². The molecule has 0 bridgehead atoms. The molecular formula is C14H15NO4S. The van der Waals surface area contributed by atoms with Gasteiger partial charge in [0.25, 0.3) is 0 Å². The number of aryl methyl sites for hydroxylation is 1. The second-order valence-corrected chi connectivity index (χ2v) is 5.51. The number of imide groups is 1. The molecule has 1 aromatic rings. The third-order valence-electron chi connectivity index (χ3n) is 3.13. The highest BCUT2D eigenvalue weighted by Gasteiger charge is 2.36. The lowest BCUT2D eigenvalue weighted by Crippen LogP contribution is -2.52. The van der Waals surface area contributed by atoms with Crippen molar-refractivity contribution in [1.82, 2.24) is 4.90 Å². The van der Waals surface area contributed by atoms with Gasteiger partial charge < -0.3 is 5.11 Å². The van der Waals surface area contributed by atoms with Gasteiger partial charge in [0.15, 0.2) is 0 Å². The summed E-state index contributed by atoms with van der Waals surface area (Å²) in [5.74, 6) is -1.62. The zero-order chi connectivity index (χ0) is 14.5. The van der Waals surface area contributed by atoms with Gasteiger partial charge in [-0.1, -0.05) is 30.3 Å². The van der Waals surface area contributed by atoms with E-state index in [9.17, 15) is 19.5 Å². The first-order chi connectivity index (χ1) is 9.59. The van der Waals surface area contributed by atoms with Crippen LogP contribution in [0, 0.1) is 0 Å². The molecule has 1 fully saturated rings. The van der Waals surface area contributed by atoms with Gasteiger partial charge in [-0.15, -0.1) is 11.8 Å². The third kappa shape index (κ3) is 3.39. The van der Waals surface area contributed by atoms with Gasteiger partial charge in [0.05, 0.1) is 11.5 Å². The van der Waals surface area contributed by atoms with Gasteiger partial charge >= 0.3 is 5.97 Å². The van der Waals surface area contributed by atoms with E-state index in [4.69, 9.17) is 0 Å². The Kier molecular flexibility index (Phi) is 4.79. The van der Waals surface area contributed by atoms with Gasteiger partial charge in [-0.3, -0.25) is 14.5 Å². The van der Waals surface area contributed by atoms with Crippen molar-refractivity contribution >= 4 is 29.5 Å². The molecule has 1 aliphatic rings. The topological polar surface area (TPSA) is 74.7 Å². The summed E-state index contributed by atoms with van der Waals surface area (Å²) in [6, 6.07) is 8.35. The summed E-state index contributed by atoms with van der Waals surface area (Å²) in [7, 11) is 0. The van der Waals surface area contributed by atoms with Crippen LogP contribution in [-0.4, -0.2) is 45.3 Å². The van der Waals surface area contributed by atoms with Crippen LogP contribution in [-0.2, 0) is 20.8 Å². The number of hydrogen-bond acceptors (Lipinski definition) is 4. The molecule has 2 amide bonds. The van der Waals surface area contributed by atoms with Crippen LogP contribution in [0.25, 0.3) is 0 Å². The number of rotatable bonds is 5. The Morgan fingerprint density at radius 3 is 2.35 bits per heavy atom. The highest BCUT2D eigenvalue weighted by molar-refractivity contribution is 8.00. The lowest BCUT2D eigenvalue weighted by atomic mass is 10.0. The predicted octanol–water partition coefficient (Wildman–Crippen LogP) is 1.17. The van der Waals surface area contributed by atoms with Gasteiger partial charge in [0.1, 0.15) is 6.04 Å². The van der Waals surface area contributed by atoms with E-state index in [0.29, 0.717) is 6.42 Å². The molecule has 1 unspecified atom stereocenters. The van der Waals surface area contributed by atoms with Crippen molar-refractivity contribution < 1.29 is 19.5 Å². The van der Waals surface area contributed by atoms with E-state index in [-0.39, 0.29) is 17.9 Å². The highest BCUT2D eigenvalue weighted by Crippen LogP contribution is 2.18. The van der Waals surface area contributed by atoms with Crippen LogP contribution in [0.15, 0.2) is 30.3 Å². The molecule has 20 heavy (non-hydrogen) atoms. The lowest BCUT2D eigenvalue weighted by molar-refractivity contribution is -0.156. The molecule has 1 N–H and O–H groups in total. The number of carbonyl (C=O) groups is 3. The van der Waals surface area contributed by atoms with Crippen LogP contribution >= 0.6 is 11.8 Å². The van der Waals surface area contributed by atoms with Crippen LogP contribution in [0.4, 0.5) is 0 Å². The van der Waals surface area contributed by atoms with Crippen molar-refractivity contribution in [3.63, 3.8) is 0 Å². The van der Waals surface area contributed by atoms with Crippen molar-refractivity contribution in [2.75, 3.05) is 11.5 Å². The molecule has 0 saturated carbocycles. The highest BCUT2D eigenvalue weighted by atomic mass is 32.2. The SMILES string of the molecule is O=C(O)C(CCc1ccccc1)N1C(=O)CSCC1=O. The first kappa shape index (κ1) is 14.6. The molecule has 5 nitrogen and oxygen atoms in total. The monoisotopic (exact) mass is 293 g/mol. The summed E-state index contributed by atoms with van der Waals surface area (Å²) in [6.45, 7) is 0. The van der Waals surface area contributed by atoms with Gasteiger partial charge in [-0.2, -0.15) is 0 Å². The van der Waals surface area contributed by atoms with Crippen LogP contribution in [0.3, 0.4) is 0 Å². The predicted molar refractivity (Wildman–Crippen MR) is 75.4 cm³/mol. The maximum absolute atomic E-state index is 11.8. The minimum atomic E-state index is -1.13. The normalized spacial score (nSPS) is 17.1. The standard InChI is InChI=1S/C14H15NO4S/c16-12-8-20-9-13(17)15(12)11(14(18)19)7-6-10-4-2-1-3-5-10/h1-5,11H,6-9H2,(H,18,19). The number of amides is 2. The summed E-state index contributed by atoms with van der Waals surface area (Å²) in [5.41, 5.74) is 0.991. The Hall–Kier alpha value is -1.82. The molecule has 0 radical (unpaired) electrons. The largest absolute Gasteiger partial charge is 0.480 e. The molecular weight excluding hydrogens is 278 g/mol. The van der Waals surface area contributed by atoms with Crippen LogP contribution in [0.1, 0.15) is 12.0 Å². The summed E-state index contributed by atoms with van der Waals surface area (Å²) < 4.78 is 0. The van der Waals surface area contributed by atoms with E-state index in [1.807, 2.05) is 30.3 Å². The van der Waals surface area contributed by atoms with E-state index >= 15 is 0 Å². The molecule has 1 atom stereocenters. The second kappa shape index (κ2) is 6.56. The smallest absolute Gasteiger partial charge is 0.326 e. The van der Waals surface area contributed by atoms with E-state index in [0.717, 1.165) is 10.5 Å². The minimum absolute atomic E-state index is 0.168. The summed E-state index contributed by atoms with van der Waals surface area (Å²) in [6.07, 6.45) is 0.753. The first-order valence-corrected chi connectivity index (χ1v) is 7.44. The zero-order valence-electron chi connectivity index (χ0n) is 10.8. The number of carbonyl (C=O) groups excluding carboxylic acids is 2. The van der Waals surface area contributed by atoms with Crippen molar-refractivity contribution in [2.24, 2.45) is 0 Å². The number of benzene rings is 1. The van der Waals surface area contributed by atoms with Gasteiger partial charge in [0.2, 0.25) is 11.8 Å². The average Bonchev–Trinajstić information content (AvgIpc) is 2.42. The maximum atomic E-state index is 11.8. The van der Waals surface area contributed by atoms with Gasteiger partial charge in [-0.05, 0) is 18.4 Å². The van der Waals surface area contributed by atoms with Crippen molar-refractivity contribution in [3.05, 3.63) is 35.9 Å². The number of carboxylic acids is 1. The number of carboxylic acid groups (broad SMARTS) is 1. The molecule has 1 saturated heterocycles. The molecule has 1 aromatic carbocycles. The lowest BCUT2D eigenvalue weighted by Gasteiger charge is -2.30. The number of hydrogen-bond donors (Lipinski definition) is 1. The van der Waals surface area contributed by atoms with Crippen LogP contribution < -0.4 is 0 Å². The summed E-state index contributed by atoms with van der Waals surface area (Å²) in [4.78, 5) is 35.8. The summed E-state index contributed by atoms with van der Waals surface area (Å²) in [5, 5.41) is 9.29. The molecule has 0 spiro atoms. The number of thioether (sulfide) groups is 1. The maximum Gasteiger partial charge on any atom is 0.326 e. The molecule has 0 aliphatic carbocycles. The second-order valence-electron chi connectivity index (χ2n) is 4.53. The van der Waals surface area contributed by atoms with Gasteiger partial charge in [-0.25, -0.2) is 4.79 Å². The average molecular weight is 293 g/mol. The fraction of sp³-hybridized carbons (Fsp3) is 0.357. The minimum Gasteiger partial charge on any atom is -0.480 e. The van der Waals surface area contributed by atoms with E-state index in [1.165, 1.54) is 11.8 Å². The summed E-state index contributed by atoms with van der Waals surface area (Å²) >= 11 is 1.22.